The highest BCUT2D eigenvalue weighted by molar-refractivity contribution is 5.78. The summed E-state index contributed by atoms with van der Waals surface area (Å²) in [6.07, 6.45) is 0. The molecule has 12 heteroatoms. The van der Waals surface area contributed by atoms with Crippen molar-refractivity contribution in [2.24, 2.45) is 5.41 Å². The Hall–Kier alpha value is -3.06. The smallest absolute Gasteiger partial charge is 0.320 e. The molecule has 0 spiro atoms. The molecule has 1 amide bonds. The second kappa shape index (κ2) is 19.1. The molecule has 1 saturated heterocycles. The number of amides is 1. The van der Waals surface area contributed by atoms with Gasteiger partial charge in [-0.3, -0.25) is 38.8 Å². The number of carbonyl (C=O) groups is 4. The molecule has 51 heavy (non-hydrogen) atoms. The van der Waals surface area contributed by atoms with Crippen molar-refractivity contribution in [2.45, 2.75) is 106 Å². The molecule has 12 nitrogen and oxygen atoms in total. The maximum atomic E-state index is 13.7. The summed E-state index contributed by atoms with van der Waals surface area (Å²) in [5, 5.41) is 3.28. The molecule has 1 atom stereocenters. The van der Waals surface area contributed by atoms with Gasteiger partial charge in [-0.25, -0.2) is 0 Å². The minimum atomic E-state index is -0.629. The molecule has 0 bridgehead atoms. The molecule has 1 unspecified atom stereocenters. The Morgan fingerprint density at radius 1 is 0.529 bits per heavy atom. The van der Waals surface area contributed by atoms with Crippen LogP contribution in [0.5, 0.6) is 0 Å². The lowest BCUT2D eigenvalue weighted by Gasteiger charge is -2.35. The summed E-state index contributed by atoms with van der Waals surface area (Å²) in [6.45, 7) is 27.1. The van der Waals surface area contributed by atoms with E-state index in [1.165, 1.54) is 0 Å². The molecule has 1 aromatic rings. The lowest BCUT2D eigenvalue weighted by molar-refractivity contribution is -0.158. The first-order chi connectivity index (χ1) is 23.4. The van der Waals surface area contributed by atoms with Crippen molar-refractivity contribution in [3.05, 3.63) is 35.9 Å². The van der Waals surface area contributed by atoms with E-state index >= 15 is 0 Å². The predicted octanol–water partition coefficient (Wildman–Crippen LogP) is 4.14. The Labute approximate surface area is 307 Å². The van der Waals surface area contributed by atoms with Gasteiger partial charge < -0.3 is 19.5 Å². The van der Waals surface area contributed by atoms with E-state index in [-0.39, 0.29) is 61.5 Å². The van der Waals surface area contributed by atoms with E-state index < -0.39 is 16.8 Å². The minimum Gasteiger partial charge on any atom is -0.459 e. The molecule has 1 fully saturated rings. The second-order valence-electron chi connectivity index (χ2n) is 17.6. The van der Waals surface area contributed by atoms with E-state index in [2.05, 4.69) is 31.0 Å². The van der Waals surface area contributed by atoms with Crippen LogP contribution in [-0.2, 0) is 33.4 Å². The first-order valence-electron chi connectivity index (χ1n) is 18.3. The number of hydrogen-bond donors (Lipinski definition) is 1. The van der Waals surface area contributed by atoms with Gasteiger partial charge in [-0.05, 0) is 73.3 Å². The Morgan fingerprint density at radius 3 is 1.10 bits per heavy atom. The summed E-state index contributed by atoms with van der Waals surface area (Å²) in [5.74, 6) is -1.12. The number of nitrogens with one attached hydrogen (secondary N) is 1. The average molecular weight is 718 g/mol. The van der Waals surface area contributed by atoms with E-state index in [9.17, 15) is 19.2 Å². The van der Waals surface area contributed by atoms with Gasteiger partial charge in [0.15, 0.2) is 0 Å². The topological polar surface area (TPSA) is 121 Å². The number of benzene rings is 1. The summed E-state index contributed by atoms with van der Waals surface area (Å²) in [4.78, 5) is 60.7. The van der Waals surface area contributed by atoms with Gasteiger partial charge in [-0.1, -0.05) is 51.1 Å². The van der Waals surface area contributed by atoms with Crippen LogP contribution in [0.3, 0.4) is 0 Å². The third-order valence-electron chi connectivity index (χ3n) is 7.92. The summed E-state index contributed by atoms with van der Waals surface area (Å²) in [7, 11) is 0. The molecule has 1 aliphatic rings. The van der Waals surface area contributed by atoms with Crippen LogP contribution in [0, 0.1) is 5.41 Å². The fourth-order valence-corrected chi connectivity index (χ4v) is 5.74. The highest BCUT2D eigenvalue weighted by Crippen LogP contribution is 2.32. The maximum Gasteiger partial charge on any atom is 0.320 e. The number of hydrogen-bond acceptors (Lipinski definition) is 11. The molecular formula is C39H67N5O7. The second-order valence-corrected chi connectivity index (χ2v) is 17.6. The number of ether oxygens (including phenoxy) is 3. The predicted molar refractivity (Wildman–Crippen MR) is 200 cm³/mol. The van der Waals surface area contributed by atoms with Gasteiger partial charge in [0.2, 0.25) is 5.91 Å². The van der Waals surface area contributed by atoms with Crippen LogP contribution in [0.4, 0.5) is 0 Å². The van der Waals surface area contributed by atoms with Crippen LogP contribution in [0.1, 0.15) is 94.7 Å². The monoisotopic (exact) mass is 718 g/mol. The molecule has 1 aromatic carbocycles. The van der Waals surface area contributed by atoms with Crippen LogP contribution >= 0.6 is 0 Å². The van der Waals surface area contributed by atoms with Crippen molar-refractivity contribution >= 4 is 23.8 Å². The van der Waals surface area contributed by atoms with Gasteiger partial charge >= 0.3 is 17.9 Å². The molecule has 290 valence electrons. The summed E-state index contributed by atoms with van der Waals surface area (Å²) in [5.41, 5.74) is -1.07. The number of esters is 3. The SMILES string of the molecule is CC(C)(C)OC(=O)CN1CCN(CC(=O)NC(c2ccccc2)C(C)(C)C)CCN(CC(=O)OC(C)(C)C)CCN(CC(=O)OC(C)(C)C)CC1. The van der Waals surface area contributed by atoms with Crippen molar-refractivity contribution in [1.82, 2.24) is 24.9 Å². The standard InChI is InChI=1S/C39H67N5O7/c1-36(2,3)35(30-16-14-13-15-17-30)40-31(45)26-41-18-20-42(27-32(46)49-37(4,5)6)22-24-44(29-34(48)51-39(10,11)12)25-23-43(21-19-41)28-33(47)50-38(7,8)9/h13-17,35H,18-29H2,1-12H3,(H,40,45). The highest BCUT2D eigenvalue weighted by atomic mass is 16.6. The zero-order valence-electron chi connectivity index (χ0n) is 33.6. The Balaban J connectivity index is 2.35. The van der Waals surface area contributed by atoms with Crippen LogP contribution in [0.2, 0.25) is 0 Å². The normalized spacial score (nSPS) is 17.8. The van der Waals surface area contributed by atoms with Gasteiger partial charge in [0.1, 0.15) is 16.8 Å². The first-order valence-corrected chi connectivity index (χ1v) is 18.3. The zero-order valence-corrected chi connectivity index (χ0v) is 33.6. The molecular weight excluding hydrogens is 650 g/mol. The van der Waals surface area contributed by atoms with Crippen molar-refractivity contribution < 1.29 is 33.4 Å². The van der Waals surface area contributed by atoms with Crippen molar-refractivity contribution in [2.75, 3.05) is 78.5 Å². The number of carbonyl (C=O) groups excluding carboxylic acids is 4. The Bertz CT molecular complexity index is 1220. The van der Waals surface area contributed by atoms with E-state index in [0.29, 0.717) is 52.4 Å². The average Bonchev–Trinajstić information content (AvgIpc) is 2.94. The minimum absolute atomic E-state index is 0.0699. The van der Waals surface area contributed by atoms with Gasteiger partial charge in [0.25, 0.3) is 0 Å². The van der Waals surface area contributed by atoms with Gasteiger partial charge in [0.05, 0.1) is 32.2 Å². The summed E-state index contributed by atoms with van der Waals surface area (Å²) in [6, 6.07) is 9.78. The third-order valence-corrected chi connectivity index (χ3v) is 7.92. The molecule has 0 saturated carbocycles. The fourth-order valence-electron chi connectivity index (χ4n) is 5.74. The number of rotatable bonds is 10. The van der Waals surface area contributed by atoms with Crippen LogP contribution in [-0.4, -0.2) is 139 Å². The molecule has 0 aliphatic carbocycles. The zero-order chi connectivity index (χ0) is 38.6. The Kier molecular flexibility index (Phi) is 16.6. The van der Waals surface area contributed by atoms with Crippen molar-refractivity contribution in [3.63, 3.8) is 0 Å². The first kappa shape index (κ1) is 44.1. The van der Waals surface area contributed by atoms with E-state index in [0.717, 1.165) is 5.56 Å². The lowest BCUT2D eigenvalue weighted by atomic mass is 9.82. The maximum absolute atomic E-state index is 13.7. The fraction of sp³-hybridized carbons (Fsp3) is 0.744. The molecule has 1 aliphatic heterocycles. The largest absolute Gasteiger partial charge is 0.459 e. The van der Waals surface area contributed by atoms with E-state index in [1.54, 1.807) is 0 Å². The van der Waals surface area contributed by atoms with Crippen molar-refractivity contribution in [1.29, 1.82) is 0 Å². The quantitative estimate of drug-likeness (QED) is 0.278. The van der Waals surface area contributed by atoms with E-state index in [1.807, 2.05) is 107 Å². The van der Waals surface area contributed by atoms with Gasteiger partial charge in [0, 0.05) is 52.4 Å². The molecule has 1 N–H and O–H groups in total. The molecule has 0 aromatic heterocycles. The highest BCUT2D eigenvalue weighted by Gasteiger charge is 2.30. The summed E-state index contributed by atoms with van der Waals surface area (Å²) < 4.78 is 16.9. The van der Waals surface area contributed by atoms with Crippen molar-refractivity contribution in [3.8, 4) is 0 Å². The molecule has 1 heterocycles. The van der Waals surface area contributed by atoms with Crippen LogP contribution in [0.25, 0.3) is 0 Å². The third kappa shape index (κ3) is 19.4. The van der Waals surface area contributed by atoms with E-state index in [4.69, 9.17) is 14.2 Å². The summed E-state index contributed by atoms with van der Waals surface area (Å²) >= 11 is 0. The van der Waals surface area contributed by atoms with Gasteiger partial charge in [-0.15, -0.1) is 0 Å². The Morgan fingerprint density at radius 2 is 0.824 bits per heavy atom. The molecule has 2 rings (SSSR count). The lowest BCUT2D eigenvalue weighted by Crippen LogP contribution is -2.51. The molecule has 0 radical (unpaired) electrons. The van der Waals surface area contributed by atoms with Crippen LogP contribution < -0.4 is 5.32 Å². The van der Waals surface area contributed by atoms with Gasteiger partial charge in [-0.2, -0.15) is 0 Å². The number of nitrogens with zero attached hydrogens (tertiary/aromatic N) is 4. The van der Waals surface area contributed by atoms with Crippen LogP contribution in [0.15, 0.2) is 30.3 Å².